The Bertz CT molecular complexity index is 32.1. The van der Waals surface area contributed by atoms with Gasteiger partial charge in [-0.2, -0.15) is 0 Å². The van der Waals surface area contributed by atoms with Crippen LogP contribution in [-0.4, -0.2) is 13.3 Å². The number of hydrogen-bond donors (Lipinski definition) is 2. The van der Waals surface area contributed by atoms with Crippen molar-refractivity contribution in [1.29, 1.82) is 0 Å². The first-order valence-corrected chi connectivity index (χ1v) is 1.80. The Morgan fingerprint density at radius 1 is 1.71 bits per heavy atom. The Balaban J connectivity index is 0. The first kappa shape index (κ1) is 10.2. The third-order valence-electron chi connectivity index (χ3n) is 0.588. The molecular formula is C3H11ClN2O. The maximum Gasteiger partial charge on any atom is 0.116 e. The molecule has 0 saturated carbocycles. The van der Waals surface area contributed by atoms with Gasteiger partial charge in [0.05, 0.1) is 0 Å². The number of nitrogens with two attached hydrogens (primary N) is 1. The first-order valence-electron chi connectivity index (χ1n) is 1.80. The van der Waals surface area contributed by atoms with Gasteiger partial charge in [-0.3, -0.25) is 5.84 Å². The second-order valence-corrected chi connectivity index (χ2v) is 1.04. The van der Waals surface area contributed by atoms with Gasteiger partial charge in [0.1, 0.15) is 6.23 Å². The lowest BCUT2D eigenvalue weighted by atomic mass is 10.7. The maximum atomic E-state index is 4.91. The number of rotatable bonds is 2. The van der Waals surface area contributed by atoms with Gasteiger partial charge in [0.25, 0.3) is 0 Å². The molecule has 4 heteroatoms. The van der Waals surface area contributed by atoms with Gasteiger partial charge in [0.2, 0.25) is 0 Å². The number of methoxy groups -OCH3 is 1. The molecule has 0 aromatic rings. The number of hydrazine groups is 1. The summed E-state index contributed by atoms with van der Waals surface area (Å²) in [4.78, 5) is 0. The normalized spacial score (nSPS) is 12.4. The van der Waals surface area contributed by atoms with Gasteiger partial charge in [-0.15, -0.1) is 12.4 Å². The van der Waals surface area contributed by atoms with E-state index in [1.165, 1.54) is 0 Å². The molecule has 7 heavy (non-hydrogen) atoms. The average Bonchev–Trinajstić information content (AvgIpc) is 1.65. The minimum Gasteiger partial charge on any atom is -0.366 e. The molecule has 0 aliphatic heterocycles. The van der Waals surface area contributed by atoms with Crippen LogP contribution in [0.1, 0.15) is 6.92 Å². The van der Waals surface area contributed by atoms with Gasteiger partial charge in [0.15, 0.2) is 0 Å². The lowest BCUT2D eigenvalue weighted by molar-refractivity contribution is 0.0899. The lowest BCUT2D eigenvalue weighted by Gasteiger charge is -2.03. The van der Waals surface area contributed by atoms with E-state index in [9.17, 15) is 0 Å². The summed E-state index contributed by atoms with van der Waals surface area (Å²) in [5, 5.41) is 0. The Hall–Kier alpha value is 0.170. The minimum absolute atomic E-state index is 0. The molecule has 0 bridgehead atoms. The van der Waals surface area contributed by atoms with Crippen molar-refractivity contribution >= 4 is 12.4 Å². The molecule has 0 saturated heterocycles. The molecule has 1 unspecified atom stereocenters. The molecule has 0 spiro atoms. The summed E-state index contributed by atoms with van der Waals surface area (Å²) in [6.45, 7) is 1.82. The van der Waals surface area contributed by atoms with Gasteiger partial charge < -0.3 is 4.74 Å². The molecule has 0 aromatic carbocycles. The van der Waals surface area contributed by atoms with Crippen LogP contribution < -0.4 is 11.3 Å². The highest BCUT2D eigenvalue weighted by molar-refractivity contribution is 5.85. The van der Waals surface area contributed by atoms with Crippen LogP contribution in [0.5, 0.6) is 0 Å². The standard InChI is InChI=1S/C3H10N2O.ClH/c1-3(5-4)6-2;/h3,5H,4H2,1-2H3;1H. The van der Waals surface area contributed by atoms with Gasteiger partial charge in [-0.05, 0) is 6.92 Å². The van der Waals surface area contributed by atoms with Crippen molar-refractivity contribution in [1.82, 2.24) is 5.43 Å². The van der Waals surface area contributed by atoms with Gasteiger partial charge in [-0.25, -0.2) is 5.43 Å². The van der Waals surface area contributed by atoms with Crippen molar-refractivity contribution in [2.75, 3.05) is 7.11 Å². The zero-order chi connectivity index (χ0) is 4.99. The molecule has 3 nitrogen and oxygen atoms in total. The Morgan fingerprint density at radius 2 is 2.14 bits per heavy atom. The number of ether oxygens (including phenoxy) is 1. The summed E-state index contributed by atoms with van der Waals surface area (Å²) in [5.41, 5.74) is 2.39. The highest BCUT2D eigenvalue weighted by atomic mass is 35.5. The fourth-order valence-electron chi connectivity index (χ4n) is 0.0680. The van der Waals surface area contributed by atoms with Crippen LogP contribution in [0.2, 0.25) is 0 Å². The van der Waals surface area contributed by atoms with E-state index in [1.807, 2.05) is 6.92 Å². The molecule has 46 valence electrons. The maximum absolute atomic E-state index is 4.91. The van der Waals surface area contributed by atoms with Crippen molar-refractivity contribution in [2.45, 2.75) is 13.2 Å². The molecule has 0 aromatic heterocycles. The van der Waals surface area contributed by atoms with Crippen molar-refractivity contribution < 1.29 is 4.74 Å². The Morgan fingerprint density at radius 3 is 2.14 bits per heavy atom. The largest absolute Gasteiger partial charge is 0.366 e. The Kier molecular flexibility index (Phi) is 9.00. The summed E-state index contributed by atoms with van der Waals surface area (Å²) in [5.74, 6) is 4.91. The molecule has 0 amide bonds. The van der Waals surface area contributed by atoms with Crippen LogP contribution in [0.3, 0.4) is 0 Å². The van der Waals surface area contributed by atoms with E-state index in [-0.39, 0.29) is 18.6 Å². The van der Waals surface area contributed by atoms with Crippen molar-refractivity contribution in [2.24, 2.45) is 5.84 Å². The summed E-state index contributed by atoms with van der Waals surface area (Å²) in [6, 6.07) is 0. The van der Waals surface area contributed by atoms with Crippen molar-refractivity contribution in [3.8, 4) is 0 Å². The van der Waals surface area contributed by atoms with Crippen LogP contribution in [-0.2, 0) is 4.74 Å². The Labute approximate surface area is 49.6 Å². The van der Waals surface area contributed by atoms with E-state index in [0.29, 0.717) is 0 Å². The van der Waals surface area contributed by atoms with E-state index < -0.39 is 0 Å². The molecule has 3 N–H and O–H groups in total. The molecule has 0 rings (SSSR count). The molecule has 0 radical (unpaired) electrons. The first-order chi connectivity index (χ1) is 2.81. The van der Waals surface area contributed by atoms with Gasteiger partial charge in [-0.1, -0.05) is 0 Å². The van der Waals surface area contributed by atoms with Crippen LogP contribution in [0.15, 0.2) is 0 Å². The van der Waals surface area contributed by atoms with Crippen LogP contribution >= 0.6 is 12.4 Å². The molecular weight excluding hydrogens is 115 g/mol. The summed E-state index contributed by atoms with van der Waals surface area (Å²) < 4.78 is 4.66. The number of nitrogens with one attached hydrogen (secondary N) is 1. The van der Waals surface area contributed by atoms with Gasteiger partial charge in [0, 0.05) is 7.11 Å². The van der Waals surface area contributed by atoms with Crippen molar-refractivity contribution in [3.05, 3.63) is 0 Å². The highest BCUT2D eigenvalue weighted by Gasteiger charge is 1.86. The van der Waals surface area contributed by atoms with E-state index in [0.717, 1.165) is 0 Å². The fraction of sp³-hybridized carbons (Fsp3) is 1.00. The molecule has 0 aliphatic carbocycles. The summed E-state index contributed by atoms with van der Waals surface area (Å²) >= 11 is 0. The summed E-state index contributed by atoms with van der Waals surface area (Å²) in [7, 11) is 1.59. The third kappa shape index (κ3) is 6.17. The second kappa shape index (κ2) is 6.17. The van der Waals surface area contributed by atoms with E-state index in [2.05, 4.69) is 10.2 Å². The second-order valence-electron chi connectivity index (χ2n) is 1.04. The zero-order valence-electron chi connectivity index (χ0n) is 4.47. The zero-order valence-corrected chi connectivity index (χ0v) is 5.29. The van der Waals surface area contributed by atoms with Crippen LogP contribution in [0.25, 0.3) is 0 Å². The fourth-order valence-corrected chi connectivity index (χ4v) is 0.0680. The lowest BCUT2D eigenvalue weighted by Crippen LogP contribution is -2.33. The monoisotopic (exact) mass is 126 g/mol. The topological polar surface area (TPSA) is 47.3 Å². The molecule has 0 fully saturated rings. The minimum atomic E-state index is -0.0370. The predicted octanol–water partition coefficient (Wildman–Crippen LogP) is -0.136. The quantitative estimate of drug-likeness (QED) is 0.308. The van der Waals surface area contributed by atoms with Crippen LogP contribution in [0.4, 0.5) is 0 Å². The predicted molar refractivity (Wildman–Crippen MR) is 31.0 cm³/mol. The van der Waals surface area contributed by atoms with E-state index in [1.54, 1.807) is 7.11 Å². The van der Waals surface area contributed by atoms with Crippen molar-refractivity contribution in [3.63, 3.8) is 0 Å². The van der Waals surface area contributed by atoms with Crippen LogP contribution in [0, 0.1) is 0 Å². The SMILES string of the molecule is COC(C)NN.Cl. The van der Waals surface area contributed by atoms with E-state index >= 15 is 0 Å². The number of halogens is 1. The van der Waals surface area contributed by atoms with E-state index in [4.69, 9.17) is 5.84 Å². The smallest absolute Gasteiger partial charge is 0.116 e. The average molecular weight is 127 g/mol. The summed E-state index contributed by atoms with van der Waals surface area (Å²) in [6.07, 6.45) is -0.0370. The molecule has 0 aliphatic rings. The third-order valence-corrected chi connectivity index (χ3v) is 0.588. The molecule has 1 atom stereocenters. The number of hydrogen-bond acceptors (Lipinski definition) is 3. The highest BCUT2D eigenvalue weighted by Crippen LogP contribution is 1.71. The van der Waals surface area contributed by atoms with Gasteiger partial charge >= 0.3 is 0 Å². The molecule has 0 heterocycles.